The van der Waals surface area contributed by atoms with Gasteiger partial charge in [-0.05, 0) is 23.3 Å². The summed E-state index contributed by atoms with van der Waals surface area (Å²) in [5, 5.41) is 8.47. The molecular formula is C19H18BrN3O2S. The number of aromatic nitrogens is 2. The maximum atomic E-state index is 12.3. The van der Waals surface area contributed by atoms with Gasteiger partial charge in [0.2, 0.25) is 11.8 Å². The Morgan fingerprint density at radius 1 is 1.08 bits per heavy atom. The summed E-state index contributed by atoms with van der Waals surface area (Å²) in [7, 11) is 1.79. The fourth-order valence-corrected chi connectivity index (χ4v) is 3.31. The molecule has 0 atom stereocenters. The molecule has 0 radical (unpaired) electrons. The second kappa shape index (κ2) is 9.00. The van der Waals surface area contributed by atoms with Gasteiger partial charge in [-0.2, -0.15) is 0 Å². The van der Waals surface area contributed by atoms with Gasteiger partial charge in [-0.3, -0.25) is 4.79 Å². The third-order valence-corrected chi connectivity index (χ3v) is 5.06. The minimum Gasteiger partial charge on any atom is -0.416 e. The second-order valence-electron chi connectivity index (χ2n) is 5.79. The fraction of sp³-hybridized carbons (Fsp3) is 0.211. The van der Waals surface area contributed by atoms with Crippen LogP contribution in [-0.4, -0.2) is 33.8 Å². The highest BCUT2D eigenvalue weighted by atomic mass is 79.9. The average Bonchev–Trinajstić information content (AvgIpc) is 3.09. The standard InChI is InChI=1S/C19H18BrN3O2S/c1-23(12-15-7-9-16(20)10-8-15)18(24)13-26-19-22-21-17(25-19)11-14-5-3-2-4-6-14/h2-10H,11-13H2,1H3. The van der Waals surface area contributed by atoms with E-state index in [-0.39, 0.29) is 11.7 Å². The zero-order chi connectivity index (χ0) is 18.4. The number of rotatable bonds is 7. The van der Waals surface area contributed by atoms with Gasteiger partial charge in [-0.15, -0.1) is 10.2 Å². The first-order valence-corrected chi connectivity index (χ1v) is 9.85. The summed E-state index contributed by atoms with van der Waals surface area (Å²) < 4.78 is 6.64. The molecule has 0 fully saturated rings. The van der Waals surface area contributed by atoms with Crippen molar-refractivity contribution in [1.29, 1.82) is 0 Å². The van der Waals surface area contributed by atoms with Crippen molar-refractivity contribution in [2.45, 2.75) is 18.2 Å². The highest BCUT2D eigenvalue weighted by Crippen LogP contribution is 2.19. The van der Waals surface area contributed by atoms with Crippen LogP contribution in [0, 0.1) is 0 Å². The molecule has 2 aromatic carbocycles. The van der Waals surface area contributed by atoms with Gasteiger partial charge in [-0.1, -0.05) is 70.2 Å². The molecule has 3 aromatic rings. The lowest BCUT2D eigenvalue weighted by Crippen LogP contribution is -2.27. The number of hydrogen-bond donors (Lipinski definition) is 0. The van der Waals surface area contributed by atoms with E-state index in [2.05, 4.69) is 26.1 Å². The molecule has 134 valence electrons. The van der Waals surface area contributed by atoms with E-state index in [9.17, 15) is 4.79 Å². The summed E-state index contributed by atoms with van der Waals surface area (Å²) in [6.07, 6.45) is 0.589. The van der Waals surface area contributed by atoms with Crippen LogP contribution >= 0.6 is 27.7 Å². The Labute approximate surface area is 164 Å². The zero-order valence-corrected chi connectivity index (χ0v) is 16.7. The summed E-state index contributed by atoms with van der Waals surface area (Å²) in [6.45, 7) is 0.565. The van der Waals surface area contributed by atoms with E-state index in [1.54, 1.807) is 11.9 Å². The predicted molar refractivity (Wildman–Crippen MR) is 105 cm³/mol. The van der Waals surface area contributed by atoms with Crippen LogP contribution in [-0.2, 0) is 17.8 Å². The number of carbonyl (C=O) groups excluding carboxylic acids is 1. The van der Waals surface area contributed by atoms with E-state index in [0.717, 1.165) is 15.6 Å². The Kier molecular flexibility index (Phi) is 6.46. The topological polar surface area (TPSA) is 59.2 Å². The lowest BCUT2D eigenvalue weighted by Gasteiger charge is -2.16. The Morgan fingerprint density at radius 3 is 2.54 bits per heavy atom. The number of carbonyl (C=O) groups is 1. The number of thioether (sulfide) groups is 1. The minimum atomic E-state index is 0.0146. The van der Waals surface area contributed by atoms with Crippen molar-refractivity contribution in [3.05, 3.63) is 76.1 Å². The van der Waals surface area contributed by atoms with Crippen LogP contribution in [0.25, 0.3) is 0 Å². The average molecular weight is 432 g/mol. The molecule has 5 nitrogen and oxygen atoms in total. The molecule has 1 aromatic heterocycles. The molecule has 7 heteroatoms. The Morgan fingerprint density at radius 2 is 1.81 bits per heavy atom. The lowest BCUT2D eigenvalue weighted by atomic mass is 10.2. The number of benzene rings is 2. The fourth-order valence-electron chi connectivity index (χ4n) is 2.32. The number of hydrogen-bond acceptors (Lipinski definition) is 5. The van der Waals surface area contributed by atoms with E-state index >= 15 is 0 Å². The van der Waals surface area contributed by atoms with Crippen molar-refractivity contribution >= 4 is 33.6 Å². The Balaban J connectivity index is 1.49. The first kappa shape index (κ1) is 18.7. The second-order valence-corrected chi connectivity index (χ2v) is 7.63. The number of halogens is 1. The van der Waals surface area contributed by atoms with Crippen molar-refractivity contribution in [2.75, 3.05) is 12.8 Å². The maximum absolute atomic E-state index is 12.3. The SMILES string of the molecule is CN(Cc1ccc(Br)cc1)C(=O)CSc1nnc(Cc2ccccc2)o1. The highest BCUT2D eigenvalue weighted by molar-refractivity contribution is 9.10. The van der Waals surface area contributed by atoms with Gasteiger partial charge < -0.3 is 9.32 Å². The Hall–Kier alpha value is -2.12. The van der Waals surface area contributed by atoms with Gasteiger partial charge in [0, 0.05) is 18.1 Å². The monoisotopic (exact) mass is 431 g/mol. The summed E-state index contributed by atoms with van der Waals surface area (Å²) in [5.74, 6) is 0.829. The largest absolute Gasteiger partial charge is 0.416 e. The van der Waals surface area contributed by atoms with E-state index in [4.69, 9.17) is 4.42 Å². The lowest BCUT2D eigenvalue weighted by molar-refractivity contribution is -0.127. The van der Waals surface area contributed by atoms with Crippen molar-refractivity contribution in [2.24, 2.45) is 0 Å². The molecule has 1 amide bonds. The molecule has 0 bridgehead atoms. The van der Waals surface area contributed by atoms with Gasteiger partial charge in [0.05, 0.1) is 12.2 Å². The first-order chi connectivity index (χ1) is 12.6. The highest BCUT2D eigenvalue weighted by Gasteiger charge is 2.13. The van der Waals surface area contributed by atoms with Crippen LogP contribution in [0.4, 0.5) is 0 Å². The molecule has 1 heterocycles. The molecule has 0 spiro atoms. The van der Waals surface area contributed by atoms with Gasteiger partial charge in [-0.25, -0.2) is 0 Å². The molecule has 3 rings (SSSR count). The van der Waals surface area contributed by atoms with Crippen LogP contribution in [0.2, 0.25) is 0 Å². The Bertz CT molecular complexity index is 853. The van der Waals surface area contributed by atoms with Gasteiger partial charge in [0.1, 0.15) is 0 Å². The normalized spacial score (nSPS) is 10.7. The van der Waals surface area contributed by atoms with Gasteiger partial charge >= 0.3 is 0 Å². The molecular weight excluding hydrogens is 414 g/mol. The van der Waals surface area contributed by atoms with Crippen LogP contribution in [0.5, 0.6) is 0 Å². The van der Waals surface area contributed by atoms with Crippen molar-refractivity contribution in [3.8, 4) is 0 Å². The van der Waals surface area contributed by atoms with E-state index in [1.165, 1.54) is 11.8 Å². The van der Waals surface area contributed by atoms with Crippen LogP contribution < -0.4 is 0 Å². The number of nitrogens with zero attached hydrogens (tertiary/aromatic N) is 3. The third-order valence-electron chi connectivity index (χ3n) is 3.72. The van der Waals surface area contributed by atoms with Gasteiger partial charge in [0.25, 0.3) is 5.22 Å². The summed E-state index contributed by atoms with van der Waals surface area (Å²) in [4.78, 5) is 14.0. The molecule has 0 N–H and O–H groups in total. The van der Waals surface area contributed by atoms with Gasteiger partial charge in [0.15, 0.2) is 0 Å². The summed E-state index contributed by atoms with van der Waals surface area (Å²) in [5.41, 5.74) is 2.19. The quantitative estimate of drug-likeness (QED) is 0.525. The number of amides is 1. The van der Waals surface area contributed by atoms with Crippen LogP contribution in [0.1, 0.15) is 17.0 Å². The zero-order valence-electron chi connectivity index (χ0n) is 14.3. The molecule has 26 heavy (non-hydrogen) atoms. The molecule has 0 unspecified atom stereocenters. The van der Waals surface area contributed by atoms with E-state index < -0.39 is 0 Å². The third kappa shape index (κ3) is 5.44. The first-order valence-electron chi connectivity index (χ1n) is 8.07. The molecule has 0 saturated heterocycles. The van der Waals surface area contributed by atoms with Crippen molar-refractivity contribution in [3.63, 3.8) is 0 Å². The maximum Gasteiger partial charge on any atom is 0.277 e. The molecule has 0 saturated carbocycles. The minimum absolute atomic E-state index is 0.0146. The molecule has 0 aliphatic heterocycles. The van der Waals surface area contributed by atoms with E-state index in [1.807, 2.05) is 54.6 Å². The summed E-state index contributed by atoms with van der Waals surface area (Å²) in [6, 6.07) is 17.9. The molecule has 0 aliphatic carbocycles. The van der Waals surface area contributed by atoms with Crippen molar-refractivity contribution < 1.29 is 9.21 Å². The van der Waals surface area contributed by atoms with E-state index in [0.29, 0.717) is 24.1 Å². The van der Waals surface area contributed by atoms with Crippen LogP contribution in [0.3, 0.4) is 0 Å². The van der Waals surface area contributed by atoms with Crippen LogP contribution in [0.15, 0.2) is 68.7 Å². The summed E-state index contributed by atoms with van der Waals surface area (Å²) >= 11 is 4.67. The predicted octanol–water partition coefficient (Wildman–Crippen LogP) is 4.17. The smallest absolute Gasteiger partial charge is 0.277 e. The van der Waals surface area contributed by atoms with Crippen molar-refractivity contribution in [1.82, 2.24) is 15.1 Å². The molecule has 0 aliphatic rings.